The second kappa shape index (κ2) is 6.50. The van der Waals surface area contributed by atoms with Crippen molar-refractivity contribution in [1.82, 2.24) is 9.78 Å². The second-order valence-corrected chi connectivity index (χ2v) is 5.71. The molecule has 0 N–H and O–H groups in total. The van der Waals surface area contributed by atoms with Crippen LogP contribution in [0.2, 0.25) is 10.0 Å². The lowest BCUT2D eigenvalue weighted by Gasteiger charge is -2.12. The number of ketones is 1. The third kappa shape index (κ3) is 3.22. The van der Waals surface area contributed by atoms with Crippen molar-refractivity contribution in [2.75, 3.05) is 7.11 Å². The van der Waals surface area contributed by atoms with E-state index in [0.717, 1.165) is 0 Å². The van der Waals surface area contributed by atoms with E-state index in [1.165, 1.54) is 7.11 Å². The Hall–Kier alpha value is -1.52. The van der Waals surface area contributed by atoms with E-state index >= 15 is 0 Å². The van der Waals surface area contributed by atoms with Gasteiger partial charge in [-0.2, -0.15) is 5.10 Å². The molecule has 0 unspecified atom stereocenters. The van der Waals surface area contributed by atoms with Crippen molar-refractivity contribution in [3.63, 3.8) is 0 Å². The predicted molar refractivity (Wildman–Crippen MR) is 83.7 cm³/mol. The first kappa shape index (κ1) is 15.9. The number of benzene rings is 1. The number of aromatic nitrogens is 2. The lowest BCUT2D eigenvalue weighted by Crippen LogP contribution is -2.15. The lowest BCUT2D eigenvalue weighted by molar-refractivity contribution is 0.0977. The van der Waals surface area contributed by atoms with Gasteiger partial charge in [0.25, 0.3) is 0 Å². The molecular weight excluding hydrogens is 311 g/mol. The van der Waals surface area contributed by atoms with Crippen LogP contribution in [0.15, 0.2) is 24.4 Å². The van der Waals surface area contributed by atoms with Crippen LogP contribution >= 0.6 is 23.2 Å². The van der Waals surface area contributed by atoms with Crippen molar-refractivity contribution >= 4 is 29.0 Å². The average molecular weight is 327 g/mol. The molecule has 0 saturated heterocycles. The molecule has 2 aromatic rings. The van der Waals surface area contributed by atoms with Gasteiger partial charge in [0.05, 0.1) is 13.3 Å². The minimum Gasteiger partial charge on any atom is -0.493 e. The Bertz CT molecular complexity index is 645. The van der Waals surface area contributed by atoms with Gasteiger partial charge in [0.1, 0.15) is 5.69 Å². The van der Waals surface area contributed by atoms with Crippen molar-refractivity contribution in [1.29, 1.82) is 0 Å². The fourth-order valence-electron chi connectivity index (χ4n) is 2.10. The minimum atomic E-state index is -0.131. The first-order valence-electron chi connectivity index (χ1n) is 6.53. The van der Waals surface area contributed by atoms with Crippen molar-refractivity contribution in [3.8, 4) is 5.75 Å². The zero-order valence-corrected chi connectivity index (χ0v) is 13.6. The molecule has 1 heterocycles. The Balaban J connectivity index is 2.39. The minimum absolute atomic E-state index is 0.0505. The average Bonchev–Trinajstić information content (AvgIpc) is 2.87. The highest BCUT2D eigenvalue weighted by molar-refractivity contribution is 6.36. The Morgan fingerprint density at radius 1 is 1.33 bits per heavy atom. The van der Waals surface area contributed by atoms with Gasteiger partial charge in [0.2, 0.25) is 0 Å². The molecular formula is C15H16Cl2N2O2. The first-order chi connectivity index (χ1) is 9.95. The van der Waals surface area contributed by atoms with Crippen LogP contribution in [0.4, 0.5) is 0 Å². The van der Waals surface area contributed by atoms with E-state index in [1.807, 2.05) is 13.8 Å². The number of hydrogen-bond donors (Lipinski definition) is 0. The molecule has 112 valence electrons. The van der Waals surface area contributed by atoms with Crippen LogP contribution in [-0.4, -0.2) is 22.7 Å². The number of ether oxygens (including phenoxy) is 1. The van der Waals surface area contributed by atoms with Crippen LogP contribution in [-0.2, 0) is 6.42 Å². The molecule has 0 aliphatic carbocycles. The van der Waals surface area contributed by atoms with Crippen LogP contribution in [0.25, 0.3) is 0 Å². The van der Waals surface area contributed by atoms with Crippen LogP contribution in [0.1, 0.15) is 35.9 Å². The van der Waals surface area contributed by atoms with Crippen LogP contribution in [0, 0.1) is 0 Å². The molecule has 21 heavy (non-hydrogen) atoms. The molecule has 0 atom stereocenters. The first-order valence-corrected chi connectivity index (χ1v) is 7.28. The number of nitrogens with zero attached hydrogens (tertiary/aromatic N) is 2. The van der Waals surface area contributed by atoms with E-state index in [0.29, 0.717) is 27.1 Å². The van der Waals surface area contributed by atoms with Crippen molar-refractivity contribution in [2.24, 2.45) is 0 Å². The summed E-state index contributed by atoms with van der Waals surface area (Å²) >= 11 is 12.2. The molecule has 0 aliphatic heterocycles. The van der Waals surface area contributed by atoms with Gasteiger partial charge in [-0.1, -0.05) is 29.3 Å². The van der Waals surface area contributed by atoms with E-state index in [1.54, 1.807) is 29.1 Å². The number of halogens is 2. The molecule has 4 nitrogen and oxygen atoms in total. The van der Waals surface area contributed by atoms with E-state index < -0.39 is 0 Å². The summed E-state index contributed by atoms with van der Waals surface area (Å²) in [6.07, 6.45) is 1.65. The number of carbonyl (C=O) groups excluding carboxylic acids is 1. The Kier molecular flexibility index (Phi) is 4.91. The molecule has 6 heteroatoms. The van der Waals surface area contributed by atoms with E-state index in [-0.39, 0.29) is 18.2 Å². The van der Waals surface area contributed by atoms with Gasteiger partial charge in [-0.3, -0.25) is 9.48 Å². The third-order valence-electron chi connectivity index (χ3n) is 3.13. The maximum Gasteiger partial charge on any atom is 0.189 e. The molecule has 1 aromatic heterocycles. The maximum atomic E-state index is 12.6. The number of methoxy groups -OCH3 is 1. The largest absolute Gasteiger partial charge is 0.493 e. The zero-order valence-electron chi connectivity index (χ0n) is 12.1. The molecule has 2 rings (SSSR count). The topological polar surface area (TPSA) is 44.1 Å². The number of hydrogen-bond acceptors (Lipinski definition) is 3. The van der Waals surface area contributed by atoms with Crippen molar-refractivity contribution in [3.05, 3.63) is 45.7 Å². The molecule has 0 radical (unpaired) electrons. The summed E-state index contributed by atoms with van der Waals surface area (Å²) in [6, 6.07) is 5.23. The Morgan fingerprint density at radius 2 is 1.95 bits per heavy atom. The monoisotopic (exact) mass is 326 g/mol. The van der Waals surface area contributed by atoms with Crippen molar-refractivity contribution < 1.29 is 9.53 Å². The van der Waals surface area contributed by atoms with Crippen molar-refractivity contribution in [2.45, 2.75) is 26.3 Å². The summed E-state index contributed by atoms with van der Waals surface area (Å²) in [5, 5.41) is 5.15. The highest BCUT2D eigenvalue weighted by Crippen LogP contribution is 2.28. The summed E-state index contributed by atoms with van der Waals surface area (Å²) in [4.78, 5) is 12.6. The fraction of sp³-hybridized carbons (Fsp3) is 0.333. The standard InChI is InChI=1S/C15H16Cl2N2O2/c1-9(2)19-15(14(21-3)8-18-19)13(20)7-10-11(16)5-4-6-12(10)17/h4-6,8-9H,7H2,1-3H3. The van der Waals surface area contributed by atoms with Gasteiger partial charge >= 0.3 is 0 Å². The summed E-state index contributed by atoms with van der Waals surface area (Å²) in [5.41, 5.74) is 1.05. The number of carbonyl (C=O) groups is 1. The summed E-state index contributed by atoms with van der Waals surface area (Å²) in [6.45, 7) is 3.90. The number of Topliss-reactive ketones (excluding diaryl/α,β-unsaturated/α-hetero) is 1. The number of rotatable bonds is 5. The Labute approximate surface area is 133 Å². The van der Waals surface area contributed by atoms with Gasteiger partial charge < -0.3 is 4.74 Å². The van der Waals surface area contributed by atoms with Crippen LogP contribution in [0.5, 0.6) is 5.75 Å². The molecule has 0 fully saturated rings. The molecule has 1 aromatic carbocycles. The van der Waals surface area contributed by atoms with Gasteiger partial charge in [-0.05, 0) is 31.5 Å². The third-order valence-corrected chi connectivity index (χ3v) is 3.84. The van der Waals surface area contributed by atoms with E-state index in [9.17, 15) is 4.79 Å². The summed E-state index contributed by atoms with van der Waals surface area (Å²) in [7, 11) is 1.51. The van der Waals surface area contributed by atoms with E-state index in [4.69, 9.17) is 27.9 Å². The normalized spacial score (nSPS) is 11.0. The van der Waals surface area contributed by atoms with Gasteiger partial charge in [0.15, 0.2) is 11.5 Å². The quantitative estimate of drug-likeness (QED) is 0.773. The van der Waals surface area contributed by atoms with Gasteiger partial charge in [-0.15, -0.1) is 0 Å². The van der Waals surface area contributed by atoms with Gasteiger partial charge in [0, 0.05) is 22.5 Å². The smallest absolute Gasteiger partial charge is 0.189 e. The molecule has 0 bridgehead atoms. The predicted octanol–water partition coefficient (Wildman–Crippen LogP) is 4.20. The van der Waals surface area contributed by atoms with Crippen LogP contribution in [0.3, 0.4) is 0 Å². The fourth-order valence-corrected chi connectivity index (χ4v) is 2.63. The summed E-state index contributed by atoms with van der Waals surface area (Å²) < 4.78 is 6.87. The van der Waals surface area contributed by atoms with E-state index in [2.05, 4.69) is 5.10 Å². The molecule has 0 amide bonds. The molecule has 0 saturated carbocycles. The lowest BCUT2D eigenvalue weighted by atomic mass is 10.1. The molecule has 0 aliphatic rings. The molecule has 0 spiro atoms. The SMILES string of the molecule is COc1cnn(C(C)C)c1C(=O)Cc1c(Cl)cccc1Cl. The highest BCUT2D eigenvalue weighted by atomic mass is 35.5. The zero-order chi connectivity index (χ0) is 15.6. The highest BCUT2D eigenvalue weighted by Gasteiger charge is 2.22. The maximum absolute atomic E-state index is 12.6. The summed E-state index contributed by atoms with van der Waals surface area (Å²) in [5.74, 6) is 0.324. The second-order valence-electron chi connectivity index (χ2n) is 4.90. The Morgan fingerprint density at radius 3 is 2.48 bits per heavy atom. The van der Waals surface area contributed by atoms with Crippen LogP contribution < -0.4 is 4.74 Å². The van der Waals surface area contributed by atoms with Gasteiger partial charge in [-0.25, -0.2) is 0 Å².